The molecule has 1 N–H and O–H groups in total. The quantitative estimate of drug-likeness (QED) is 0.694. The minimum atomic E-state index is -3.73. The largest absolute Gasteiger partial charge is 0.486 e. The molecule has 1 heterocycles. The Labute approximate surface area is 182 Å². The molecule has 0 fully saturated rings. The van der Waals surface area contributed by atoms with Crippen LogP contribution >= 0.6 is 11.6 Å². The van der Waals surface area contributed by atoms with E-state index in [1.807, 2.05) is 19.1 Å². The number of nitrogens with zero attached hydrogens (tertiary/aromatic N) is 1. The zero-order valence-corrected chi connectivity index (χ0v) is 18.7. The number of nitrogens with one attached hydrogen (secondary N) is 1. The zero-order chi connectivity index (χ0) is 21.9. The molecule has 3 rings (SSSR count). The molecular weight excluding hydrogens is 428 g/mol. The van der Waals surface area contributed by atoms with E-state index in [-0.39, 0.29) is 6.04 Å². The van der Waals surface area contributed by atoms with E-state index in [0.29, 0.717) is 41.8 Å². The Balaban J connectivity index is 1.83. The Morgan fingerprint density at radius 1 is 1.17 bits per heavy atom. The number of hydrogen-bond acceptors (Lipinski definition) is 5. The fourth-order valence-corrected chi connectivity index (χ4v) is 4.78. The van der Waals surface area contributed by atoms with Gasteiger partial charge >= 0.3 is 0 Å². The first kappa shape index (κ1) is 22.2. The van der Waals surface area contributed by atoms with Gasteiger partial charge in [-0.25, -0.2) is 8.42 Å². The molecule has 2 atom stereocenters. The van der Waals surface area contributed by atoms with Crippen LogP contribution < -0.4 is 19.1 Å². The zero-order valence-electron chi connectivity index (χ0n) is 17.1. The van der Waals surface area contributed by atoms with E-state index in [9.17, 15) is 13.2 Å². The van der Waals surface area contributed by atoms with Crippen LogP contribution in [0.4, 0.5) is 5.69 Å². The highest BCUT2D eigenvalue weighted by molar-refractivity contribution is 7.92. The maximum Gasteiger partial charge on any atom is 0.244 e. The van der Waals surface area contributed by atoms with Crippen molar-refractivity contribution in [1.82, 2.24) is 5.32 Å². The van der Waals surface area contributed by atoms with Gasteiger partial charge in [0.15, 0.2) is 11.5 Å². The minimum absolute atomic E-state index is 0.291. The number of hydrogen-bond donors (Lipinski definition) is 1. The van der Waals surface area contributed by atoms with E-state index in [4.69, 9.17) is 21.1 Å². The summed E-state index contributed by atoms with van der Waals surface area (Å²) in [6, 6.07) is 10.7. The summed E-state index contributed by atoms with van der Waals surface area (Å²) < 4.78 is 37.3. The second-order valence-electron chi connectivity index (χ2n) is 7.10. The molecule has 0 bridgehead atoms. The molecule has 1 amide bonds. The van der Waals surface area contributed by atoms with E-state index in [1.165, 1.54) is 6.07 Å². The van der Waals surface area contributed by atoms with Gasteiger partial charge in [-0.2, -0.15) is 0 Å². The lowest BCUT2D eigenvalue weighted by Gasteiger charge is -2.31. The van der Waals surface area contributed by atoms with Crippen molar-refractivity contribution in [3.63, 3.8) is 0 Å². The van der Waals surface area contributed by atoms with Crippen molar-refractivity contribution in [3.8, 4) is 11.5 Å². The van der Waals surface area contributed by atoms with Gasteiger partial charge in [0.25, 0.3) is 0 Å². The average molecular weight is 453 g/mol. The van der Waals surface area contributed by atoms with Gasteiger partial charge in [-0.05, 0) is 49.2 Å². The highest BCUT2D eigenvalue weighted by atomic mass is 35.5. The molecule has 9 heteroatoms. The molecule has 0 radical (unpaired) electrons. The molecule has 0 aromatic heterocycles. The standard InChI is InChI=1S/C21H25ClN2O5S/c1-4-18(24(30(3,26)27)17-7-5-6-16(22)13-17)21(25)23-14(2)15-8-9-19-20(12-15)29-11-10-28-19/h5-9,12-14,18H,4,10-11H2,1-3H3,(H,23,25)/t14-,18+/m1/s1. The van der Waals surface area contributed by atoms with Crippen molar-refractivity contribution >= 4 is 33.2 Å². The molecule has 1 aliphatic heterocycles. The van der Waals surface area contributed by atoms with Crippen LogP contribution in [0.25, 0.3) is 0 Å². The first-order chi connectivity index (χ1) is 14.2. The van der Waals surface area contributed by atoms with Gasteiger partial charge in [0.05, 0.1) is 18.0 Å². The molecule has 0 saturated carbocycles. The Morgan fingerprint density at radius 3 is 2.50 bits per heavy atom. The van der Waals surface area contributed by atoms with Crippen LogP contribution in [0.15, 0.2) is 42.5 Å². The third kappa shape index (κ3) is 4.99. The molecule has 0 saturated heterocycles. The van der Waals surface area contributed by atoms with Crippen LogP contribution in [0, 0.1) is 0 Å². The molecule has 2 aromatic rings. The minimum Gasteiger partial charge on any atom is -0.486 e. The lowest BCUT2D eigenvalue weighted by Crippen LogP contribution is -2.49. The summed E-state index contributed by atoms with van der Waals surface area (Å²) >= 11 is 6.04. The summed E-state index contributed by atoms with van der Waals surface area (Å²) in [5.74, 6) is 0.896. The van der Waals surface area contributed by atoms with E-state index in [0.717, 1.165) is 16.1 Å². The number of ether oxygens (including phenoxy) is 2. The third-order valence-corrected chi connectivity index (χ3v) is 6.23. The number of carbonyl (C=O) groups excluding carboxylic acids is 1. The van der Waals surface area contributed by atoms with Crippen molar-refractivity contribution in [2.24, 2.45) is 0 Å². The molecule has 0 aliphatic carbocycles. The van der Waals surface area contributed by atoms with Crippen LogP contribution in [0.2, 0.25) is 5.02 Å². The van der Waals surface area contributed by atoms with E-state index < -0.39 is 22.0 Å². The van der Waals surface area contributed by atoms with Crippen molar-refractivity contribution in [3.05, 3.63) is 53.1 Å². The van der Waals surface area contributed by atoms with Crippen LogP contribution in [0.3, 0.4) is 0 Å². The van der Waals surface area contributed by atoms with Crippen molar-refractivity contribution in [2.75, 3.05) is 23.8 Å². The van der Waals surface area contributed by atoms with Gasteiger partial charge in [-0.3, -0.25) is 9.10 Å². The van der Waals surface area contributed by atoms with Gasteiger partial charge in [0.1, 0.15) is 19.3 Å². The first-order valence-electron chi connectivity index (χ1n) is 9.65. The Hall–Kier alpha value is -2.45. The highest BCUT2D eigenvalue weighted by Gasteiger charge is 2.32. The van der Waals surface area contributed by atoms with E-state index in [2.05, 4.69) is 5.32 Å². The molecule has 30 heavy (non-hydrogen) atoms. The second kappa shape index (κ2) is 9.14. The van der Waals surface area contributed by atoms with Gasteiger partial charge in [0.2, 0.25) is 15.9 Å². The van der Waals surface area contributed by atoms with Crippen LogP contribution in [-0.2, 0) is 14.8 Å². The van der Waals surface area contributed by atoms with Crippen LogP contribution in [0.5, 0.6) is 11.5 Å². The predicted octanol–water partition coefficient (Wildman–Crippen LogP) is 3.53. The lowest BCUT2D eigenvalue weighted by atomic mass is 10.1. The van der Waals surface area contributed by atoms with Gasteiger partial charge in [-0.1, -0.05) is 30.7 Å². The molecule has 0 unspecified atom stereocenters. The van der Waals surface area contributed by atoms with Crippen LogP contribution in [-0.4, -0.2) is 39.8 Å². The molecule has 2 aromatic carbocycles. The van der Waals surface area contributed by atoms with E-state index in [1.54, 1.807) is 31.2 Å². The summed E-state index contributed by atoms with van der Waals surface area (Å²) in [5.41, 5.74) is 1.18. The van der Waals surface area contributed by atoms with Gasteiger partial charge in [0, 0.05) is 5.02 Å². The maximum atomic E-state index is 13.1. The predicted molar refractivity (Wildman–Crippen MR) is 117 cm³/mol. The van der Waals surface area contributed by atoms with Crippen molar-refractivity contribution in [2.45, 2.75) is 32.4 Å². The molecule has 7 nitrogen and oxygen atoms in total. The summed E-state index contributed by atoms with van der Waals surface area (Å²) in [6.07, 6.45) is 1.37. The van der Waals surface area contributed by atoms with Crippen LogP contribution in [0.1, 0.15) is 31.9 Å². The first-order valence-corrected chi connectivity index (χ1v) is 11.9. The van der Waals surface area contributed by atoms with Crippen molar-refractivity contribution < 1.29 is 22.7 Å². The fourth-order valence-electron chi connectivity index (χ4n) is 3.40. The number of anilines is 1. The molecule has 0 spiro atoms. The highest BCUT2D eigenvalue weighted by Crippen LogP contribution is 2.33. The number of fused-ring (bicyclic) bond motifs is 1. The van der Waals surface area contributed by atoms with Crippen molar-refractivity contribution in [1.29, 1.82) is 0 Å². The molecular formula is C21H25ClN2O5S. The summed E-state index contributed by atoms with van der Waals surface area (Å²) in [6.45, 7) is 4.57. The smallest absolute Gasteiger partial charge is 0.244 e. The van der Waals surface area contributed by atoms with Gasteiger partial charge < -0.3 is 14.8 Å². The Morgan fingerprint density at radius 2 is 1.87 bits per heavy atom. The summed E-state index contributed by atoms with van der Waals surface area (Å²) in [5, 5.41) is 3.31. The summed E-state index contributed by atoms with van der Waals surface area (Å²) in [4.78, 5) is 13.1. The third-order valence-electron chi connectivity index (χ3n) is 4.82. The summed E-state index contributed by atoms with van der Waals surface area (Å²) in [7, 11) is -3.73. The molecule has 1 aliphatic rings. The number of amides is 1. The Bertz CT molecular complexity index is 1030. The fraction of sp³-hybridized carbons (Fsp3) is 0.381. The van der Waals surface area contributed by atoms with E-state index >= 15 is 0 Å². The number of rotatable bonds is 7. The topological polar surface area (TPSA) is 84.9 Å². The number of carbonyl (C=O) groups is 1. The monoisotopic (exact) mass is 452 g/mol. The lowest BCUT2D eigenvalue weighted by molar-refractivity contribution is -0.122. The second-order valence-corrected chi connectivity index (χ2v) is 9.39. The number of sulfonamides is 1. The maximum absolute atomic E-state index is 13.1. The Kier molecular flexibility index (Phi) is 6.77. The normalized spacial score (nSPS) is 15.2. The SMILES string of the molecule is CC[C@@H](C(=O)N[C@H](C)c1ccc2c(c1)OCCO2)N(c1cccc(Cl)c1)S(C)(=O)=O. The average Bonchev–Trinajstić information content (AvgIpc) is 2.70. The number of halogens is 1. The van der Waals surface area contributed by atoms with Gasteiger partial charge in [-0.15, -0.1) is 0 Å². The number of benzene rings is 2. The molecule has 162 valence electrons.